The third-order valence-corrected chi connectivity index (χ3v) is 6.40. The van der Waals surface area contributed by atoms with Crippen LogP contribution in [0.4, 0.5) is 5.69 Å². The number of hydrogen-bond acceptors (Lipinski definition) is 6. The van der Waals surface area contributed by atoms with Gasteiger partial charge in [-0.05, 0) is 38.6 Å². The van der Waals surface area contributed by atoms with E-state index in [9.17, 15) is 5.26 Å². The molecule has 1 aliphatic heterocycles. The van der Waals surface area contributed by atoms with Crippen LogP contribution in [-0.2, 0) is 7.05 Å². The normalized spacial score (nSPS) is 16.2. The fourth-order valence-corrected chi connectivity index (χ4v) is 4.66. The summed E-state index contributed by atoms with van der Waals surface area (Å²) in [6.45, 7) is 3.84. The molecule has 32 heavy (non-hydrogen) atoms. The predicted octanol–water partition coefficient (Wildman–Crippen LogP) is 4.22. The first kappa shape index (κ1) is 20.3. The molecule has 0 unspecified atom stereocenters. The number of aryl methyl sites for hydroxylation is 1. The lowest BCUT2D eigenvalue weighted by Gasteiger charge is -2.25. The van der Waals surface area contributed by atoms with E-state index < -0.39 is 0 Å². The monoisotopic (exact) mass is 426 g/mol. The van der Waals surface area contributed by atoms with Crippen LogP contribution < -0.4 is 4.90 Å². The maximum Gasteiger partial charge on any atom is 0.230 e. The first-order valence-electron chi connectivity index (χ1n) is 10.8. The number of nitriles is 1. The summed E-state index contributed by atoms with van der Waals surface area (Å²) in [4.78, 5) is 9.44. The van der Waals surface area contributed by atoms with Gasteiger partial charge in [0.2, 0.25) is 5.89 Å². The molecule has 7 nitrogen and oxygen atoms in total. The standard InChI is InChI=1S/C25H26N6O/c1-16-20(12-26)22-24(32-25(28-22)18-13-27-30(4)14-18)23(21(16)17-8-6-5-7-9-17)31-11-10-19(15-31)29(2)3/h5-9,13-14,19H,10-11,15H2,1-4H3/t19-/m0/s1. The Balaban J connectivity index is 1.81. The summed E-state index contributed by atoms with van der Waals surface area (Å²) in [6, 6.07) is 13.1. The van der Waals surface area contributed by atoms with E-state index in [1.807, 2.05) is 38.4 Å². The maximum absolute atomic E-state index is 10.1. The van der Waals surface area contributed by atoms with Gasteiger partial charge >= 0.3 is 0 Å². The van der Waals surface area contributed by atoms with Crippen LogP contribution in [0.5, 0.6) is 0 Å². The molecule has 162 valence electrons. The smallest absolute Gasteiger partial charge is 0.230 e. The van der Waals surface area contributed by atoms with E-state index in [4.69, 9.17) is 9.40 Å². The molecular weight excluding hydrogens is 400 g/mol. The Kier molecular flexibility index (Phi) is 4.95. The molecule has 0 saturated carbocycles. The van der Waals surface area contributed by atoms with Gasteiger partial charge in [-0.25, -0.2) is 4.98 Å². The Bertz CT molecular complexity index is 1330. The van der Waals surface area contributed by atoms with Crippen molar-refractivity contribution in [3.8, 4) is 28.7 Å². The highest BCUT2D eigenvalue weighted by Crippen LogP contribution is 2.45. The molecule has 0 bridgehead atoms. The molecule has 0 N–H and O–H groups in total. The van der Waals surface area contributed by atoms with E-state index in [0.29, 0.717) is 28.6 Å². The van der Waals surface area contributed by atoms with Gasteiger partial charge in [-0.3, -0.25) is 4.68 Å². The topological polar surface area (TPSA) is 74.1 Å². The van der Waals surface area contributed by atoms with Gasteiger partial charge in [0.15, 0.2) is 5.58 Å². The Hall–Kier alpha value is -3.63. The van der Waals surface area contributed by atoms with Crippen LogP contribution in [0.2, 0.25) is 0 Å². The average molecular weight is 427 g/mol. The second-order valence-electron chi connectivity index (χ2n) is 8.65. The molecule has 1 saturated heterocycles. The van der Waals surface area contributed by atoms with Crippen molar-refractivity contribution >= 4 is 16.8 Å². The summed E-state index contributed by atoms with van der Waals surface area (Å²) in [5.74, 6) is 0.485. The molecule has 7 heteroatoms. The lowest BCUT2D eigenvalue weighted by atomic mass is 9.93. The highest BCUT2D eigenvalue weighted by atomic mass is 16.3. The van der Waals surface area contributed by atoms with Crippen LogP contribution >= 0.6 is 0 Å². The molecule has 3 heterocycles. The number of rotatable bonds is 4. The summed E-state index contributed by atoms with van der Waals surface area (Å²) in [6.07, 6.45) is 4.68. The summed E-state index contributed by atoms with van der Waals surface area (Å²) >= 11 is 0. The van der Waals surface area contributed by atoms with Crippen molar-refractivity contribution in [3.05, 3.63) is 53.9 Å². The summed E-state index contributed by atoms with van der Waals surface area (Å²) in [5.41, 5.74) is 6.72. The van der Waals surface area contributed by atoms with Crippen molar-refractivity contribution in [2.75, 3.05) is 32.1 Å². The molecule has 1 fully saturated rings. The van der Waals surface area contributed by atoms with Crippen molar-refractivity contribution in [1.29, 1.82) is 5.26 Å². The molecule has 1 atom stereocenters. The largest absolute Gasteiger partial charge is 0.434 e. The number of oxazole rings is 1. The van der Waals surface area contributed by atoms with Crippen LogP contribution in [-0.4, -0.2) is 52.9 Å². The van der Waals surface area contributed by atoms with Crippen molar-refractivity contribution in [3.63, 3.8) is 0 Å². The van der Waals surface area contributed by atoms with Gasteiger partial charge in [-0.2, -0.15) is 10.4 Å². The molecule has 0 spiro atoms. The number of hydrogen-bond donors (Lipinski definition) is 0. The minimum absolute atomic E-state index is 0.463. The van der Waals surface area contributed by atoms with Crippen LogP contribution in [0.3, 0.4) is 0 Å². The zero-order chi connectivity index (χ0) is 22.4. The van der Waals surface area contributed by atoms with Crippen molar-refractivity contribution in [2.45, 2.75) is 19.4 Å². The summed E-state index contributed by atoms with van der Waals surface area (Å²) < 4.78 is 8.12. The molecule has 2 aromatic carbocycles. The van der Waals surface area contributed by atoms with Gasteiger partial charge in [-0.15, -0.1) is 0 Å². The van der Waals surface area contributed by atoms with E-state index in [1.54, 1.807) is 10.9 Å². The third kappa shape index (κ3) is 3.24. The fraction of sp³-hybridized carbons (Fsp3) is 0.320. The van der Waals surface area contributed by atoms with Crippen LogP contribution in [0.15, 0.2) is 47.1 Å². The van der Waals surface area contributed by atoms with Gasteiger partial charge in [0.05, 0.1) is 23.0 Å². The molecule has 2 aromatic heterocycles. The Morgan fingerprint density at radius 2 is 1.97 bits per heavy atom. The highest BCUT2D eigenvalue weighted by molar-refractivity contribution is 6.03. The van der Waals surface area contributed by atoms with E-state index in [1.165, 1.54) is 0 Å². The minimum atomic E-state index is 0.463. The molecular formula is C25H26N6O. The first-order valence-corrected chi connectivity index (χ1v) is 10.8. The number of fused-ring (bicyclic) bond motifs is 1. The maximum atomic E-state index is 10.1. The van der Waals surface area contributed by atoms with E-state index in [2.05, 4.69) is 47.2 Å². The second kappa shape index (κ2) is 7.81. The average Bonchev–Trinajstić information content (AvgIpc) is 3.53. The van der Waals surface area contributed by atoms with E-state index in [-0.39, 0.29) is 0 Å². The molecule has 0 aliphatic carbocycles. The quantitative estimate of drug-likeness (QED) is 0.487. The van der Waals surface area contributed by atoms with Crippen LogP contribution in [0, 0.1) is 18.3 Å². The zero-order valence-corrected chi connectivity index (χ0v) is 18.8. The molecule has 1 aliphatic rings. The number of aromatic nitrogens is 3. The Morgan fingerprint density at radius 1 is 1.19 bits per heavy atom. The van der Waals surface area contributed by atoms with Crippen molar-refractivity contribution < 1.29 is 4.42 Å². The molecule has 0 radical (unpaired) electrons. The van der Waals surface area contributed by atoms with Gasteiger partial charge in [0.25, 0.3) is 0 Å². The number of anilines is 1. The second-order valence-corrected chi connectivity index (χ2v) is 8.65. The lowest BCUT2D eigenvalue weighted by molar-refractivity contribution is 0.315. The lowest BCUT2D eigenvalue weighted by Crippen LogP contribution is -2.31. The third-order valence-electron chi connectivity index (χ3n) is 6.40. The van der Waals surface area contributed by atoms with Gasteiger partial charge < -0.3 is 14.2 Å². The summed E-state index contributed by atoms with van der Waals surface area (Å²) in [7, 11) is 6.11. The Labute approximate surface area is 187 Å². The molecule has 4 aromatic rings. The highest BCUT2D eigenvalue weighted by Gasteiger charge is 2.32. The van der Waals surface area contributed by atoms with E-state index >= 15 is 0 Å². The summed E-state index contributed by atoms with van der Waals surface area (Å²) in [5, 5.41) is 14.3. The van der Waals surface area contributed by atoms with Gasteiger partial charge in [-0.1, -0.05) is 30.3 Å². The first-order chi connectivity index (χ1) is 15.5. The van der Waals surface area contributed by atoms with Crippen LogP contribution in [0.1, 0.15) is 17.5 Å². The number of benzene rings is 2. The Morgan fingerprint density at radius 3 is 2.59 bits per heavy atom. The minimum Gasteiger partial charge on any atom is -0.434 e. The molecule has 5 rings (SSSR count). The fourth-order valence-electron chi connectivity index (χ4n) is 4.66. The van der Waals surface area contributed by atoms with Crippen molar-refractivity contribution in [1.82, 2.24) is 19.7 Å². The predicted molar refractivity (Wildman–Crippen MR) is 125 cm³/mol. The van der Waals surface area contributed by atoms with E-state index in [0.717, 1.165) is 47.5 Å². The van der Waals surface area contributed by atoms with Crippen LogP contribution in [0.25, 0.3) is 33.7 Å². The number of nitrogens with zero attached hydrogens (tertiary/aromatic N) is 6. The number of likely N-dealkylation sites (N-methyl/N-ethyl adjacent to an activating group) is 1. The SMILES string of the molecule is Cc1c(-c2ccccc2)c(N2CC[C@H](N(C)C)C2)c2oc(-c3cnn(C)c3)nc2c1C#N. The van der Waals surface area contributed by atoms with Gasteiger partial charge in [0.1, 0.15) is 11.6 Å². The van der Waals surface area contributed by atoms with Crippen molar-refractivity contribution in [2.24, 2.45) is 7.05 Å². The zero-order valence-electron chi connectivity index (χ0n) is 18.8. The van der Waals surface area contributed by atoms with Gasteiger partial charge in [0, 0.05) is 37.9 Å². The molecule has 0 amide bonds.